The molecule has 0 N–H and O–H groups in total. The van der Waals surface area contributed by atoms with E-state index in [4.69, 9.17) is 13.9 Å². The zero-order chi connectivity index (χ0) is 15.7. The minimum absolute atomic E-state index is 0.0598. The summed E-state index contributed by atoms with van der Waals surface area (Å²) >= 11 is 0. The van der Waals surface area contributed by atoms with Gasteiger partial charge in [0.2, 0.25) is 5.91 Å². The van der Waals surface area contributed by atoms with Crippen LogP contribution in [0.4, 0.5) is 0 Å². The van der Waals surface area contributed by atoms with E-state index in [1.807, 2.05) is 17.0 Å². The Bertz CT molecular complexity index is 529. The first-order valence-electron chi connectivity index (χ1n) is 8.78. The molecule has 0 unspecified atom stereocenters. The molecule has 3 heterocycles. The predicted octanol–water partition coefficient (Wildman–Crippen LogP) is 2.40. The number of carbonyl (C=O) groups excluding carboxylic acids is 1. The molecular weight excluding hydrogens is 294 g/mol. The monoisotopic (exact) mass is 319 g/mol. The van der Waals surface area contributed by atoms with Crippen LogP contribution < -0.4 is 0 Å². The van der Waals surface area contributed by atoms with Crippen LogP contribution in [0.2, 0.25) is 0 Å². The quantitative estimate of drug-likeness (QED) is 0.836. The van der Waals surface area contributed by atoms with Gasteiger partial charge >= 0.3 is 0 Å². The van der Waals surface area contributed by atoms with E-state index < -0.39 is 0 Å². The second-order valence-corrected chi connectivity index (χ2v) is 7.23. The van der Waals surface area contributed by atoms with Crippen molar-refractivity contribution in [3.63, 3.8) is 0 Å². The van der Waals surface area contributed by atoms with Gasteiger partial charge in [-0.25, -0.2) is 0 Å². The summed E-state index contributed by atoms with van der Waals surface area (Å²) in [5.41, 5.74) is -0.0598. The molecule has 0 radical (unpaired) electrons. The summed E-state index contributed by atoms with van der Waals surface area (Å²) in [4.78, 5) is 14.3. The van der Waals surface area contributed by atoms with Crippen molar-refractivity contribution in [2.75, 3.05) is 26.3 Å². The maximum absolute atomic E-state index is 12.3. The predicted molar refractivity (Wildman–Crippen MR) is 84.0 cm³/mol. The number of hydrogen-bond acceptors (Lipinski definition) is 4. The van der Waals surface area contributed by atoms with E-state index in [2.05, 4.69) is 0 Å². The standard InChI is InChI=1S/C18H25NO4/c20-17(10-15-2-1-9-21-15)19-7-5-18(6-8-19)11-16(13-23-18)22-12-14-3-4-14/h1-2,9,14,16H,3-8,10-13H2/t16-/m1/s1. The molecule has 4 rings (SSSR count). The van der Waals surface area contributed by atoms with E-state index in [0.717, 1.165) is 50.6 Å². The van der Waals surface area contributed by atoms with Crippen LogP contribution in [0.5, 0.6) is 0 Å². The van der Waals surface area contributed by atoms with E-state index in [1.54, 1.807) is 6.26 Å². The van der Waals surface area contributed by atoms with E-state index >= 15 is 0 Å². The van der Waals surface area contributed by atoms with Gasteiger partial charge in [0, 0.05) is 26.1 Å². The molecule has 3 fully saturated rings. The van der Waals surface area contributed by atoms with Crippen molar-refractivity contribution in [1.82, 2.24) is 4.90 Å². The molecule has 0 bridgehead atoms. The smallest absolute Gasteiger partial charge is 0.230 e. The largest absolute Gasteiger partial charge is 0.469 e. The summed E-state index contributed by atoms with van der Waals surface area (Å²) < 4.78 is 17.3. The van der Waals surface area contributed by atoms with Crippen LogP contribution in [-0.2, 0) is 20.7 Å². The normalized spacial score (nSPS) is 26.8. The lowest BCUT2D eigenvalue weighted by Crippen LogP contribution is -2.47. The fourth-order valence-corrected chi connectivity index (χ4v) is 3.65. The van der Waals surface area contributed by atoms with Crippen molar-refractivity contribution >= 4 is 5.91 Å². The third-order valence-electron chi connectivity index (χ3n) is 5.37. The van der Waals surface area contributed by atoms with Crippen LogP contribution in [0.3, 0.4) is 0 Å². The Morgan fingerprint density at radius 3 is 2.87 bits per heavy atom. The number of amides is 1. The van der Waals surface area contributed by atoms with Gasteiger partial charge in [0.15, 0.2) is 0 Å². The molecule has 23 heavy (non-hydrogen) atoms. The summed E-state index contributed by atoms with van der Waals surface area (Å²) in [5.74, 6) is 1.68. The summed E-state index contributed by atoms with van der Waals surface area (Å²) in [5, 5.41) is 0. The molecule has 0 aromatic carbocycles. The van der Waals surface area contributed by atoms with E-state index in [9.17, 15) is 4.79 Å². The topological polar surface area (TPSA) is 51.9 Å². The van der Waals surface area contributed by atoms with Crippen LogP contribution in [0.25, 0.3) is 0 Å². The Kier molecular flexibility index (Phi) is 4.16. The van der Waals surface area contributed by atoms with Crippen molar-refractivity contribution in [3.05, 3.63) is 24.2 Å². The highest BCUT2D eigenvalue weighted by Gasteiger charge is 2.44. The van der Waals surface area contributed by atoms with Crippen molar-refractivity contribution in [3.8, 4) is 0 Å². The Labute approximate surface area is 136 Å². The van der Waals surface area contributed by atoms with Gasteiger partial charge in [-0.05, 0) is 43.7 Å². The van der Waals surface area contributed by atoms with Crippen LogP contribution in [0.1, 0.15) is 37.9 Å². The van der Waals surface area contributed by atoms with Gasteiger partial charge in [0.1, 0.15) is 5.76 Å². The van der Waals surface area contributed by atoms with Crippen LogP contribution >= 0.6 is 0 Å². The molecule has 1 saturated carbocycles. The van der Waals surface area contributed by atoms with Gasteiger partial charge in [-0.3, -0.25) is 4.79 Å². The Morgan fingerprint density at radius 2 is 2.17 bits per heavy atom. The van der Waals surface area contributed by atoms with E-state index in [-0.39, 0.29) is 17.6 Å². The number of likely N-dealkylation sites (tertiary alicyclic amines) is 1. The van der Waals surface area contributed by atoms with Gasteiger partial charge < -0.3 is 18.8 Å². The summed E-state index contributed by atoms with van der Waals surface area (Å²) in [6.45, 7) is 3.16. The molecular formula is C18H25NO4. The number of nitrogens with zero attached hydrogens (tertiary/aromatic N) is 1. The average Bonchev–Trinajstić information content (AvgIpc) is 3.10. The molecule has 1 aromatic rings. The summed E-state index contributed by atoms with van der Waals surface area (Å²) in [7, 11) is 0. The fourth-order valence-electron chi connectivity index (χ4n) is 3.65. The lowest BCUT2D eigenvalue weighted by Gasteiger charge is -2.38. The highest BCUT2D eigenvalue weighted by molar-refractivity contribution is 5.78. The molecule has 1 atom stereocenters. The van der Waals surface area contributed by atoms with Crippen molar-refractivity contribution < 1.29 is 18.7 Å². The van der Waals surface area contributed by atoms with Crippen molar-refractivity contribution in [2.24, 2.45) is 5.92 Å². The first kappa shape index (κ1) is 15.2. The maximum atomic E-state index is 12.3. The summed E-state index contributed by atoms with van der Waals surface area (Å²) in [6, 6.07) is 3.67. The second kappa shape index (κ2) is 6.29. The lowest BCUT2D eigenvalue weighted by atomic mass is 9.88. The third-order valence-corrected chi connectivity index (χ3v) is 5.37. The number of carbonyl (C=O) groups is 1. The summed E-state index contributed by atoms with van der Waals surface area (Å²) in [6.07, 6.45) is 7.69. The minimum Gasteiger partial charge on any atom is -0.469 e. The molecule has 3 aliphatic rings. The van der Waals surface area contributed by atoms with Gasteiger partial charge in [-0.2, -0.15) is 0 Å². The second-order valence-electron chi connectivity index (χ2n) is 7.23. The van der Waals surface area contributed by atoms with Crippen LogP contribution in [0, 0.1) is 5.92 Å². The fraction of sp³-hybridized carbons (Fsp3) is 0.722. The number of rotatable bonds is 5. The van der Waals surface area contributed by atoms with Gasteiger partial charge in [0.05, 0.1) is 31.0 Å². The minimum atomic E-state index is -0.0598. The zero-order valence-corrected chi connectivity index (χ0v) is 13.5. The van der Waals surface area contributed by atoms with Gasteiger partial charge in [0.25, 0.3) is 0 Å². The molecule has 1 aromatic heterocycles. The van der Waals surface area contributed by atoms with Crippen molar-refractivity contribution in [2.45, 2.75) is 50.2 Å². The maximum Gasteiger partial charge on any atom is 0.230 e. The van der Waals surface area contributed by atoms with E-state index in [0.29, 0.717) is 13.0 Å². The molecule has 5 heteroatoms. The number of hydrogen-bond donors (Lipinski definition) is 0. The van der Waals surface area contributed by atoms with Crippen molar-refractivity contribution in [1.29, 1.82) is 0 Å². The molecule has 1 aliphatic carbocycles. The van der Waals surface area contributed by atoms with Crippen LogP contribution in [-0.4, -0.2) is 48.8 Å². The third kappa shape index (κ3) is 3.61. The Morgan fingerprint density at radius 1 is 1.35 bits per heavy atom. The van der Waals surface area contributed by atoms with Gasteiger partial charge in [-0.15, -0.1) is 0 Å². The number of furan rings is 1. The molecule has 1 amide bonds. The highest BCUT2D eigenvalue weighted by atomic mass is 16.6. The average molecular weight is 319 g/mol. The SMILES string of the molecule is O=C(Cc1ccco1)N1CCC2(CC1)C[C@@H](OCC1CC1)CO2. The zero-order valence-electron chi connectivity index (χ0n) is 13.5. The van der Waals surface area contributed by atoms with E-state index in [1.165, 1.54) is 12.8 Å². The highest BCUT2D eigenvalue weighted by Crippen LogP contribution is 2.38. The Balaban J connectivity index is 1.24. The first-order valence-corrected chi connectivity index (χ1v) is 8.78. The number of ether oxygens (including phenoxy) is 2. The molecule has 2 saturated heterocycles. The lowest BCUT2D eigenvalue weighted by molar-refractivity contribution is -0.135. The Hall–Kier alpha value is -1.33. The van der Waals surface area contributed by atoms with Crippen LogP contribution in [0.15, 0.2) is 22.8 Å². The van der Waals surface area contributed by atoms with Gasteiger partial charge in [-0.1, -0.05) is 0 Å². The molecule has 2 aliphatic heterocycles. The molecule has 1 spiro atoms. The molecule has 126 valence electrons. The number of piperidine rings is 1. The first-order chi connectivity index (χ1) is 11.2. The molecule has 5 nitrogen and oxygen atoms in total.